The smallest absolute Gasteiger partial charge is 0.404 e. The summed E-state index contributed by atoms with van der Waals surface area (Å²) in [5, 5.41) is 0. The van der Waals surface area contributed by atoms with Crippen molar-refractivity contribution in [1.82, 2.24) is 0 Å². The molecule has 0 aromatic carbocycles. The minimum absolute atomic E-state index is 0.0995. The van der Waals surface area contributed by atoms with Gasteiger partial charge in [0.1, 0.15) is 0 Å². The van der Waals surface area contributed by atoms with E-state index in [1.807, 2.05) is 0 Å². The van der Waals surface area contributed by atoms with Crippen molar-refractivity contribution in [2.45, 2.75) is 20.0 Å². The standard InChI is InChI=1S/C4H9NO2.2C2H2/c1-3(2)7-4(5)6;2*1-2/h3H,1-2H3,(H2,5,6);2*1-2H. The van der Waals surface area contributed by atoms with Crippen molar-refractivity contribution in [3.05, 3.63) is 0 Å². The minimum atomic E-state index is -0.713. The number of nitrogens with two attached hydrogens (primary N) is 1. The van der Waals surface area contributed by atoms with Gasteiger partial charge in [-0.1, -0.05) is 0 Å². The Labute approximate surface area is 67.9 Å². The predicted octanol–water partition coefficient (Wildman–Crippen LogP) is 0.989. The van der Waals surface area contributed by atoms with Crippen LogP contribution in [0.2, 0.25) is 0 Å². The van der Waals surface area contributed by atoms with E-state index in [1.54, 1.807) is 13.8 Å². The summed E-state index contributed by atoms with van der Waals surface area (Å²) in [5.74, 6) is 0. The highest BCUT2D eigenvalue weighted by Crippen LogP contribution is 1.83. The van der Waals surface area contributed by atoms with Gasteiger partial charge in [0.2, 0.25) is 0 Å². The molecule has 0 aromatic rings. The van der Waals surface area contributed by atoms with Gasteiger partial charge in [-0.3, -0.25) is 0 Å². The fourth-order valence-corrected chi connectivity index (χ4v) is 0.232. The molecule has 0 aliphatic heterocycles. The third-order valence-corrected chi connectivity index (χ3v) is 0.352. The molecular weight excluding hydrogens is 142 g/mol. The van der Waals surface area contributed by atoms with Crippen molar-refractivity contribution in [2.24, 2.45) is 5.73 Å². The van der Waals surface area contributed by atoms with Crippen LogP contribution in [0.25, 0.3) is 0 Å². The SMILES string of the molecule is C#C.C#C.CC(C)OC(N)=O. The van der Waals surface area contributed by atoms with Crippen molar-refractivity contribution < 1.29 is 9.53 Å². The molecule has 62 valence electrons. The molecule has 1 amide bonds. The summed E-state index contributed by atoms with van der Waals surface area (Å²) in [5.41, 5.74) is 4.63. The Bertz CT molecular complexity index is 119. The Morgan fingerprint density at radius 1 is 1.27 bits per heavy atom. The van der Waals surface area contributed by atoms with Gasteiger partial charge in [-0.15, -0.1) is 25.7 Å². The van der Waals surface area contributed by atoms with Crippen LogP contribution in [0.4, 0.5) is 4.79 Å². The van der Waals surface area contributed by atoms with Crippen LogP contribution in [0, 0.1) is 25.7 Å². The molecule has 3 nitrogen and oxygen atoms in total. The van der Waals surface area contributed by atoms with Gasteiger partial charge < -0.3 is 10.5 Å². The second kappa shape index (κ2) is 15.8. The van der Waals surface area contributed by atoms with Crippen LogP contribution in [0.5, 0.6) is 0 Å². The Hall–Kier alpha value is -1.61. The number of hydrogen-bond donors (Lipinski definition) is 1. The third kappa shape index (κ3) is 60.0. The van der Waals surface area contributed by atoms with E-state index in [1.165, 1.54) is 0 Å². The van der Waals surface area contributed by atoms with Crippen molar-refractivity contribution >= 4 is 6.09 Å². The van der Waals surface area contributed by atoms with Gasteiger partial charge in [-0.25, -0.2) is 4.79 Å². The van der Waals surface area contributed by atoms with E-state index >= 15 is 0 Å². The van der Waals surface area contributed by atoms with Gasteiger partial charge in [0.05, 0.1) is 6.10 Å². The number of carbonyl (C=O) groups is 1. The van der Waals surface area contributed by atoms with Crippen molar-refractivity contribution in [3.8, 4) is 25.7 Å². The first-order chi connectivity index (χ1) is 5.13. The zero-order chi connectivity index (χ0) is 9.86. The number of primary amides is 1. The van der Waals surface area contributed by atoms with Crippen LogP contribution in [0.1, 0.15) is 13.8 Å². The highest BCUT2D eigenvalue weighted by Gasteiger charge is 1.94. The summed E-state index contributed by atoms with van der Waals surface area (Å²) in [6, 6.07) is 0. The Morgan fingerprint density at radius 3 is 1.55 bits per heavy atom. The monoisotopic (exact) mass is 155 g/mol. The first-order valence-corrected chi connectivity index (χ1v) is 2.75. The molecule has 0 aliphatic carbocycles. The van der Waals surface area contributed by atoms with Crippen LogP contribution in [0.3, 0.4) is 0 Å². The number of carbonyl (C=O) groups excluding carboxylic acids is 1. The number of rotatable bonds is 1. The maximum Gasteiger partial charge on any atom is 0.404 e. The Morgan fingerprint density at radius 2 is 1.55 bits per heavy atom. The predicted molar refractivity (Wildman–Crippen MR) is 45.6 cm³/mol. The molecule has 11 heavy (non-hydrogen) atoms. The minimum Gasteiger partial charge on any atom is -0.447 e. The van der Waals surface area contributed by atoms with Gasteiger partial charge in [0.25, 0.3) is 0 Å². The maximum atomic E-state index is 9.81. The molecule has 0 aromatic heterocycles. The average Bonchev–Trinajstić information content (AvgIpc) is 1.93. The van der Waals surface area contributed by atoms with Gasteiger partial charge in [0.15, 0.2) is 0 Å². The number of amides is 1. The zero-order valence-electron chi connectivity index (χ0n) is 6.78. The molecule has 0 bridgehead atoms. The molecule has 0 atom stereocenters. The summed E-state index contributed by atoms with van der Waals surface area (Å²) in [6.45, 7) is 3.48. The Balaban J connectivity index is -0.000000138. The molecule has 0 unspecified atom stereocenters. The summed E-state index contributed by atoms with van der Waals surface area (Å²) in [6.07, 6.45) is 15.2. The van der Waals surface area contributed by atoms with E-state index in [2.05, 4.69) is 36.2 Å². The molecule has 2 N–H and O–H groups in total. The van der Waals surface area contributed by atoms with Crippen LogP contribution < -0.4 is 5.73 Å². The quantitative estimate of drug-likeness (QED) is 0.574. The average molecular weight is 155 g/mol. The summed E-state index contributed by atoms with van der Waals surface area (Å²) in [4.78, 5) is 9.81. The van der Waals surface area contributed by atoms with Crippen LogP contribution in [-0.2, 0) is 4.74 Å². The Kier molecular flexibility index (Phi) is 23.2. The molecule has 0 radical (unpaired) electrons. The van der Waals surface area contributed by atoms with Crippen molar-refractivity contribution in [1.29, 1.82) is 0 Å². The second-order valence-corrected chi connectivity index (χ2v) is 1.49. The second-order valence-electron chi connectivity index (χ2n) is 1.49. The molecule has 0 fully saturated rings. The molecule has 0 saturated carbocycles. The van der Waals surface area contributed by atoms with Crippen molar-refractivity contribution in [3.63, 3.8) is 0 Å². The highest BCUT2D eigenvalue weighted by atomic mass is 16.6. The molecule has 0 aliphatic rings. The van der Waals surface area contributed by atoms with Gasteiger partial charge in [0, 0.05) is 0 Å². The fraction of sp³-hybridized carbons (Fsp3) is 0.375. The van der Waals surface area contributed by atoms with E-state index in [0.717, 1.165) is 0 Å². The van der Waals surface area contributed by atoms with Crippen LogP contribution in [-0.4, -0.2) is 12.2 Å². The molecule has 3 heteroatoms. The summed E-state index contributed by atoms with van der Waals surface area (Å²) in [7, 11) is 0. The molecule has 0 spiro atoms. The molecule has 0 heterocycles. The lowest BCUT2D eigenvalue weighted by molar-refractivity contribution is 0.125. The van der Waals surface area contributed by atoms with E-state index < -0.39 is 6.09 Å². The lowest BCUT2D eigenvalue weighted by Gasteiger charge is -2.01. The van der Waals surface area contributed by atoms with Crippen LogP contribution >= 0.6 is 0 Å². The third-order valence-electron chi connectivity index (χ3n) is 0.352. The molecular formula is C8H13NO2. The zero-order valence-corrected chi connectivity index (χ0v) is 6.78. The fourth-order valence-electron chi connectivity index (χ4n) is 0.232. The topological polar surface area (TPSA) is 52.3 Å². The van der Waals surface area contributed by atoms with Gasteiger partial charge in [-0.05, 0) is 13.8 Å². The summed E-state index contributed by atoms with van der Waals surface area (Å²) < 4.78 is 4.39. The first kappa shape index (κ1) is 16.2. The largest absolute Gasteiger partial charge is 0.447 e. The van der Waals surface area contributed by atoms with E-state index in [0.29, 0.717) is 0 Å². The maximum absolute atomic E-state index is 9.81. The van der Waals surface area contributed by atoms with Gasteiger partial charge >= 0.3 is 6.09 Å². The lowest BCUT2D eigenvalue weighted by atomic mass is 10.5. The highest BCUT2D eigenvalue weighted by molar-refractivity contribution is 5.64. The van der Waals surface area contributed by atoms with Crippen molar-refractivity contribution in [2.75, 3.05) is 0 Å². The number of terminal acetylenes is 2. The molecule has 0 saturated heterocycles. The van der Waals surface area contributed by atoms with E-state index in [9.17, 15) is 4.79 Å². The van der Waals surface area contributed by atoms with E-state index in [-0.39, 0.29) is 6.10 Å². The van der Waals surface area contributed by atoms with Gasteiger partial charge in [-0.2, -0.15) is 0 Å². The lowest BCUT2D eigenvalue weighted by Crippen LogP contribution is -2.17. The normalized spacial score (nSPS) is 6.09. The van der Waals surface area contributed by atoms with E-state index in [4.69, 9.17) is 0 Å². The molecule has 0 rings (SSSR count). The first-order valence-electron chi connectivity index (χ1n) is 2.75. The number of ether oxygens (including phenoxy) is 1. The summed E-state index contributed by atoms with van der Waals surface area (Å²) >= 11 is 0. The van der Waals surface area contributed by atoms with Crippen LogP contribution in [0.15, 0.2) is 0 Å². The number of hydrogen-bond acceptors (Lipinski definition) is 2.